The number of pyridine rings is 2. The number of nitrogens with zero attached hydrogens (tertiary/aromatic N) is 3. The van der Waals surface area contributed by atoms with Gasteiger partial charge >= 0.3 is 0 Å². The second-order valence-corrected chi connectivity index (χ2v) is 8.92. The number of nitrogens with two attached hydrogens (primary N) is 2. The van der Waals surface area contributed by atoms with Crippen LogP contribution in [-0.4, -0.2) is 46.3 Å². The molecule has 36 heavy (non-hydrogen) atoms. The summed E-state index contributed by atoms with van der Waals surface area (Å²) >= 11 is 0. The van der Waals surface area contributed by atoms with Gasteiger partial charge in [0.15, 0.2) is 0 Å². The molecule has 7 nitrogen and oxygen atoms in total. The third-order valence-electron chi connectivity index (χ3n) is 6.11. The highest BCUT2D eigenvalue weighted by atomic mass is 19.1. The molecule has 0 aliphatic rings. The first-order chi connectivity index (χ1) is 17.2. The van der Waals surface area contributed by atoms with Crippen molar-refractivity contribution in [1.82, 2.24) is 14.9 Å². The molecule has 2 amide bonds. The summed E-state index contributed by atoms with van der Waals surface area (Å²) in [4.78, 5) is 36.0. The van der Waals surface area contributed by atoms with Crippen LogP contribution < -0.4 is 11.5 Å². The number of carbonyl (C=O) groups excluding carboxylic acids is 2. The van der Waals surface area contributed by atoms with Crippen LogP contribution in [0, 0.1) is 12.7 Å². The molecule has 2 aromatic carbocycles. The number of carbonyl (C=O) groups is 2. The maximum Gasteiger partial charge on any atom is 0.267 e. The van der Waals surface area contributed by atoms with Crippen molar-refractivity contribution in [2.75, 3.05) is 13.6 Å². The van der Waals surface area contributed by atoms with Crippen molar-refractivity contribution >= 4 is 22.7 Å². The minimum absolute atomic E-state index is 0.138. The van der Waals surface area contributed by atoms with Crippen LogP contribution in [0.3, 0.4) is 0 Å². The van der Waals surface area contributed by atoms with E-state index in [1.807, 2.05) is 25.1 Å². The van der Waals surface area contributed by atoms with E-state index in [0.29, 0.717) is 45.4 Å². The van der Waals surface area contributed by atoms with Gasteiger partial charge in [-0.3, -0.25) is 14.6 Å². The number of hydrogen-bond acceptors (Lipinski definition) is 5. The molecule has 1 atom stereocenters. The predicted octanol–water partition coefficient (Wildman–Crippen LogP) is 4.32. The summed E-state index contributed by atoms with van der Waals surface area (Å²) < 4.78 is 14.3. The summed E-state index contributed by atoms with van der Waals surface area (Å²) in [5.74, 6) is -1.28. The van der Waals surface area contributed by atoms with E-state index in [9.17, 15) is 14.0 Å². The van der Waals surface area contributed by atoms with Gasteiger partial charge < -0.3 is 16.4 Å². The molecule has 0 radical (unpaired) electrons. The Labute approximate surface area is 209 Å². The van der Waals surface area contributed by atoms with Crippen molar-refractivity contribution in [3.8, 4) is 22.4 Å². The highest BCUT2D eigenvalue weighted by Gasteiger charge is 2.23. The summed E-state index contributed by atoms with van der Waals surface area (Å²) in [5.41, 5.74) is 15.7. The van der Waals surface area contributed by atoms with Crippen molar-refractivity contribution < 1.29 is 14.0 Å². The Morgan fingerprint density at radius 3 is 2.56 bits per heavy atom. The van der Waals surface area contributed by atoms with Crippen LogP contribution in [-0.2, 0) is 0 Å². The lowest BCUT2D eigenvalue weighted by Crippen LogP contribution is -2.38. The van der Waals surface area contributed by atoms with Gasteiger partial charge in [-0.1, -0.05) is 25.1 Å². The van der Waals surface area contributed by atoms with E-state index < -0.39 is 11.7 Å². The highest BCUT2D eigenvalue weighted by molar-refractivity contribution is 6.12. The van der Waals surface area contributed by atoms with E-state index in [4.69, 9.17) is 11.5 Å². The van der Waals surface area contributed by atoms with Gasteiger partial charge in [0, 0.05) is 42.3 Å². The van der Waals surface area contributed by atoms with Crippen LogP contribution in [0.5, 0.6) is 0 Å². The molecule has 0 saturated carbocycles. The van der Waals surface area contributed by atoms with E-state index in [2.05, 4.69) is 9.97 Å². The van der Waals surface area contributed by atoms with Gasteiger partial charge in [0.05, 0.1) is 16.8 Å². The highest BCUT2D eigenvalue weighted by Crippen LogP contribution is 2.33. The van der Waals surface area contributed by atoms with Gasteiger partial charge in [-0.05, 0) is 60.9 Å². The zero-order valence-corrected chi connectivity index (χ0v) is 20.5. The quantitative estimate of drug-likeness (QED) is 0.405. The number of aryl methyl sites for hydroxylation is 1. The number of hydrogen-bond donors (Lipinski definition) is 2. The van der Waals surface area contributed by atoms with Crippen LogP contribution in [0.15, 0.2) is 60.8 Å². The third kappa shape index (κ3) is 5.08. The normalized spacial score (nSPS) is 11.9. The van der Waals surface area contributed by atoms with Crippen LogP contribution in [0.4, 0.5) is 4.39 Å². The Kier molecular flexibility index (Phi) is 7.07. The average molecular weight is 486 g/mol. The Bertz CT molecular complexity index is 1450. The summed E-state index contributed by atoms with van der Waals surface area (Å²) in [6.45, 7) is 4.12. The number of rotatable bonds is 7. The Balaban J connectivity index is 1.96. The largest absolute Gasteiger partial charge is 0.364 e. The summed E-state index contributed by atoms with van der Waals surface area (Å²) in [7, 11) is 1.70. The molecule has 4 rings (SSSR count). The fourth-order valence-corrected chi connectivity index (χ4v) is 4.18. The molecule has 4 aromatic rings. The van der Waals surface area contributed by atoms with Gasteiger partial charge in [0.2, 0.25) is 0 Å². The lowest BCUT2D eigenvalue weighted by atomic mass is 9.94. The van der Waals surface area contributed by atoms with Gasteiger partial charge in [0.25, 0.3) is 11.8 Å². The van der Waals surface area contributed by atoms with Gasteiger partial charge in [-0.15, -0.1) is 0 Å². The molecule has 0 unspecified atom stereocenters. The van der Waals surface area contributed by atoms with Gasteiger partial charge in [-0.25, -0.2) is 9.37 Å². The number of benzene rings is 2. The topological polar surface area (TPSA) is 115 Å². The van der Waals surface area contributed by atoms with Crippen molar-refractivity contribution in [2.45, 2.75) is 26.3 Å². The first-order valence-corrected chi connectivity index (χ1v) is 11.7. The van der Waals surface area contributed by atoms with Gasteiger partial charge in [0.1, 0.15) is 11.5 Å². The first-order valence-electron chi connectivity index (χ1n) is 11.7. The summed E-state index contributed by atoms with van der Waals surface area (Å²) in [5, 5.41) is 0.583. The molecule has 0 spiro atoms. The molecular formula is C28H28FN5O2. The molecule has 2 heterocycles. The SMILES string of the molecule is CC[C@H](N)CN(C)C(=O)c1c(-c2cc(C)cc(F)c2)cnc2ccc(-c3cccc(C(N)=O)n3)cc12. The third-order valence-corrected chi connectivity index (χ3v) is 6.11. The van der Waals surface area contributed by atoms with Crippen LogP contribution in [0.2, 0.25) is 0 Å². The lowest BCUT2D eigenvalue weighted by Gasteiger charge is -2.23. The molecule has 8 heteroatoms. The second kappa shape index (κ2) is 10.2. The Hall–Kier alpha value is -4.17. The van der Waals surface area contributed by atoms with Crippen LogP contribution in [0.1, 0.15) is 39.8 Å². The standard InChI is InChI=1S/C28H28FN5O2/c1-4-20(30)15-34(3)28(36)26-21-13-17(23-6-5-7-25(33-23)27(31)35)8-9-24(21)32-14-22(26)18-10-16(2)11-19(29)12-18/h5-14,20H,4,15,30H2,1-3H3,(H2,31,35)/t20-/m0/s1. The van der Waals surface area contributed by atoms with Crippen molar-refractivity contribution in [3.05, 3.63) is 83.4 Å². The number of primary amides is 1. The van der Waals surface area contributed by atoms with Crippen molar-refractivity contribution in [3.63, 3.8) is 0 Å². The van der Waals surface area contributed by atoms with Crippen LogP contribution in [0.25, 0.3) is 33.3 Å². The average Bonchev–Trinajstić information content (AvgIpc) is 2.86. The molecular weight excluding hydrogens is 457 g/mol. The summed E-state index contributed by atoms with van der Waals surface area (Å²) in [6.07, 6.45) is 2.32. The molecule has 0 aliphatic heterocycles. The van der Waals surface area contributed by atoms with E-state index in [1.54, 1.807) is 49.3 Å². The van der Waals surface area contributed by atoms with E-state index >= 15 is 0 Å². The monoisotopic (exact) mass is 485 g/mol. The summed E-state index contributed by atoms with van der Waals surface area (Å²) in [6, 6.07) is 14.9. The van der Waals surface area contributed by atoms with Crippen molar-refractivity contribution in [2.24, 2.45) is 11.5 Å². The van der Waals surface area contributed by atoms with Crippen LogP contribution >= 0.6 is 0 Å². The fourth-order valence-electron chi connectivity index (χ4n) is 4.18. The molecule has 184 valence electrons. The number of halogens is 1. The lowest BCUT2D eigenvalue weighted by molar-refractivity contribution is 0.0788. The van der Waals surface area contributed by atoms with E-state index in [1.165, 1.54) is 12.1 Å². The van der Waals surface area contributed by atoms with E-state index in [0.717, 1.165) is 12.0 Å². The zero-order valence-electron chi connectivity index (χ0n) is 20.5. The first kappa shape index (κ1) is 24.9. The Morgan fingerprint density at radius 2 is 1.86 bits per heavy atom. The minimum atomic E-state index is -0.632. The number of likely N-dealkylation sites (N-methyl/N-ethyl adjacent to an activating group) is 1. The molecule has 4 N–H and O–H groups in total. The van der Waals surface area contributed by atoms with Gasteiger partial charge in [-0.2, -0.15) is 0 Å². The van der Waals surface area contributed by atoms with Crippen molar-refractivity contribution in [1.29, 1.82) is 0 Å². The maximum atomic E-state index is 14.3. The fraction of sp³-hybridized carbons (Fsp3) is 0.214. The zero-order chi connectivity index (χ0) is 26.0. The molecule has 2 aromatic heterocycles. The Morgan fingerprint density at radius 1 is 1.08 bits per heavy atom. The second-order valence-electron chi connectivity index (χ2n) is 8.92. The molecule has 0 aliphatic carbocycles. The predicted molar refractivity (Wildman–Crippen MR) is 139 cm³/mol. The molecule has 0 bridgehead atoms. The number of amides is 2. The molecule has 0 saturated heterocycles. The maximum absolute atomic E-state index is 14.3. The van der Waals surface area contributed by atoms with E-state index in [-0.39, 0.29) is 17.6 Å². The number of aromatic nitrogens is 2. The smallest absolute Gasteiger partial charge is 0.267 e. The molecule has 0 fully saturated rings. The number of fused-ring (bicyclic) bond motifs is 1. The minimum Gasteiger partial charge on any atom is -0.364 e.